The molecule has 3 aliphatic heterocycles. The molecule has 0 saturated carbocycles. The molecular formula is C20H26N6O15P3+. The lowest BCUT2D eigenvalue weighted by atomic mass is 10.1. The van der Waals surface area contributed by atoms with Gasteiger partial charge in [-0.25, -0.2) is 23.2 Å². The van der Waals surface area contributed by atoms with Gasteiger partial charge in [0.1, 0.15) is 30.3 Å². The van der Waals surface area contributed by atoms with Gasteiger partial charge in [0.15, 0.2) is 18.6 Å². The number of nitrogens with one attached hydrogen (secondary N) is 1. The van der Waals surface area contributed by atoms with Crippen LogP contribution in [0.4, 0.5) is 11.5 Å². The smallest absolute Gasteiger partial charge is 0.387 e. The van der Waals surface area contributed by atoms with Crippen LogP contribution in [0.1, 0.15) is 17.5 Å². The minimum absolute atomic E-state index is 0.00396. The molecule has 5 rings (SSSR count). The Bertz CT molecular complexity index is 1660. The highest BCUT2D eigenvalue weighted by Gasteiger charge is 2.49. The van der Waals surface area contributed by atoms with Gasteiger partial charge in [-0.1, -0.05) is 18.2 Å². The van der Waals surface area contributed by atoms with Crippen LogP contribution in [0.2, 0.25) is 0 Å². The summed E-state index contributed by atoms with van der Waals surface area (Å²) < 4.78 is 53.3. The molecule has 1 aromatic carbocycles. The molecule has 0 amide bonds. The number of ether oxygens (including phenoxy) is 1. The molecule has 24 heteroatoms. The maximum absolute atomic E-state index is 12.1. The first-order chi connectivity index (χ1) is 20.5. The van der Waals surface area contributed by atoms with E-state index in [2.05, 4.69) is 28.4 Å². The van der Waals surface area contributed by atoms with Crippen molar-refractivity contribution in [2.24, 2.45) is 4.99 Å². The molecule has 1 aromatic heterocycles. The maximum Gasteiger partial charge on any atom is 0.490 e. The number of nitro benzene ring substituents is 1. The number of nitrogens with zero attached hydrogens (tertiary/aromatic N) is 5. The number of fused-ring (bicyclic) bond motifs is 3. The van der Waals surface area contributed by atoms with Crippen LogP contribution in [0.5, 0.6) is 0 Å². The minimum Gasteiger partial charge on any atom is -0.387 e. The van der Waals surface area contributed by atoms with Gasteiger partial charge in [0.2, 0.25) is 0 Å². The highest BCUT2D eigenvalue weighted by atomic mass is 31.3. The van der Waals surface area contributed by atoms with Crippen LogP contribution in [0, 0.1) is 10.1 Å². The molecule has 3 unspecified atom stereocenters. The lowest BCUT2D eigenvalue weighted by molar-refractivity contribution is -0.782. The Labute approximate surface area is 246 Å². The van der Waals surface area contributed by atoms with Gasteiger partial charge in [-0.3, -0.25) is 19.2 Å². The van der Waals surface area contributed by atoms with Gasteiger partial charge < -0.3 is 39.8 Å². The molecule has 240 valence electrons. The summed E-state index contributed by atoms with van der Waals surface area (Å²) in [6.45, 7) is -0.357. The Kier molecular flexibility index (Phi) is 8.84. The summed E-state index contributed by atoms with van der Waals surface area (Å²) in [5.41, 5.74) is 0.904. The molecule has 4 heterocycles. The number of amidine groups is 1. The van der Waals surface area contributed by atoms with Gasteiger partial charge in [0, 0.05) is 18.1 Å². The number of benzene rings is 1. The van der Waals surface area contributed by atoms with E-state index in [1.54, 1.807) is 24.4 Å². The number of anilines is 1. The van der Waals surface area contributed by atoms with Crippen molar-refractivity contribution in [3.05, 3.63) is 64.4 Å². The number of para-hydroxylation sites is 1. The normalized spacial score (nSPS) is 28.8. The van der Waals surface area contributed by atoms with E-state index in [4.69, 9.17) is 14.5 Å². The quantitative estimate of drug-likeness (QED) is 0.0690. The van der Waals surface area contributed by atoms with Crippen LogP contribution in [-0.2, 0) is 38.0 Å². The van der Waals surface area contributed by atoms with E-state index in [0.29, 0.717) is 35.9 Å². The molecular weight excluding hydrogens is 657 g/mol. The Balaban J connectivity index is 1.27. The van der Waals surface area contributed by atoms with Gasteiger partial charge in [-0.15, -0.1) is 0 Å². The van der Waals surface area contributed by atoms with E-state index in [0.717, 1.165) is 0 Å². The second-order valence-electron chi connectivity index (χ2n) is 9.76. The van der Waals surface area contributed by atoms with Crippen molar-refractivity contribution in [1.29, 1.82) is 0 Å². The summed E-state index contributed by atoms with van der Waals surface area (Å²) in [5, 5.41) is 35.8. The zero-order valence-corrected chi connectivity index (χ0v) is 24.8. The number of imidazole rings is 1. The fourth-order valence-electron chi connectivity index (χ4n) is 4.97. The monoisotopic (exact) mass is 683 g/mol. The zero-order valence-electron chi connectivity index (χ0n) is 22.1. The van der Waals surface area contributed by atoms with Crippen LogP contribution < -0.4 is 5.32 Å². The van der Waals surface area contributed by atoms with E-state index >= 15 is 0 Å². The van der Waals surface area contributed by atoms with Crippen molar-refractivity contribution in [1.82, 2.24) is 9.55 Å². The predicted molar refractivity (Wildman–Crippen MR) is 144 cm³/mol. The number of hydrogen-bond acceptors (Lipinski definition) is 14. The predicted octanol–water partition coefficient (Wildman–Crippen LogP) is 0.428. The van der Waals surface area contributed by atoms with E-state index < -0.39 is 59.5 Å². The average Bonchev–Trinajstić information content (AvgIpc) is 3.60. The summed E-state index contributed by atoms with van der Waals surface area (Å²) in [7, 11) is -16.8. The number of hydrogen-bond donors (Lipinski definition) is 7. The molecule has 0 radical (unpaired) electrons. The van der Waals surface area contributed by atoms with E-state index in [-0.39, 0.29) is 16.8 Å². The Morgan fingerprint density at radius 1 is 1.11 bits per heavy atom. The number of aromatic nitrogens is 2. The van der Waals surface area contributed by atoms with Crippen LogP contribution in [-0.4, -0.2) is 92.7 Å². The van der Waals surface area contributed by atoms with Gasteiger partial charge in [-0.2, -0.15) is 13.6 Å². The largest absolute Gasteiger partial charge is 0.490 e. The van der Waals surface area contributed by atoms with Crippen molar-refractivity contribution in [2.75, 3.05) is 25.1 Å². The molecule has 3 aliphatic rings. The minimum atomic E-state index is -5.76. The second kappa shape index (κ2) is 11.9. The second-order valence-corrected chi connectivity index (χ2v) is 14.2. The first-order valence-electron chi connectivity index (χ1n) is 12.5. The van der Waals surface area contributed by atoms with Crippen LogP contribution in [0.3, 0.4) is 0 Å². The molecule has 7 N–H and O–H groups in total. The van der Waals surface area contributed by atoms with Crippen LogP contribution in [0.25, 0.3) is 0 Å². The number of aliphatic imine (C=N–C) groups is 1. The molecule has 1 saturated heterocycles. The lowest BCUT2D eigenvalue weighted by Gasteiger charge is -2.36. The first kappa shape index (κ1) is 32.7. The zero-order chi connectivity index (χ0) is 32.1. The van der Waals surface area contributed by atoms with Crippen LogP contribution >= 0.6 is 23.5 Å². The summed E-state index contributed by atoms with van der Waals surface area (Å²) >= 11 is 0. The molecule has 0 bridgehead atoms. The van der Waals surface area contributed by atoms with Gasteiger partial charge in [0.05, 0.1) is 30.6 Å². The standard InChI is InChI=1S/C20H25N6O15P3/c27-16-14(9-38-43(34,35)41-44(36,37)40-42(31,32)33)39-20(17(16)28)24-10-22-15-18(24)23-11-26(8-6-21-19(15)26)7-5-12-3-1-2-4-13(12)25(29)30/h1-4,6,8,10,14,16-17,20,23,27-28H,5,7,9,11H2,(H3-,31,32,33,34,35,36,37)/p+1/t14-,16-,17-,20-,26?/m1/s1. The van der Waals surface area contributed by atoms with Gasteiger partial charge >= 0.3 is 23.5 Å². The summed E-state index contributed by atoms with van der Waals surface area (Å²) in [6, 6.07) is 6.40. The van der Waals surface area contributed by atoms with Crippen molar-refractivity contribution in [2.45, 2.75) is 31.0 Å². The fourth-order valence-corrected chi connectivity index (χ4v) is 8.00. The summed E-state index contributed by atoms with van der Waals surface area (Å²) in [5.74, 6) is 0.852. The highest BCUT2D eigenvalue weighted by molar-refractivity contribution is 7.66. The third-order valence-corrected chi connectivity index (χ3v) is 10.7. The van der Waals surface area contributed by atoms with Crippen molar-refractivity contribution in [3.8, 4) is 0 Å². The first-order valence-corrected chi connectivity index (χ1v) is 17.0. The van der Waals surface area contributed by atoms with E-state index in [9.17, 15) is 43.8 Å². The molecule has 2 aromatic rings. The van der Waals surface area contributed by atoms with Gasteiger partial charge in [0.25, 0.3) is 11.5 Å². The lowest BCUT2D eigenvalue weighted by Crippen LogP contribution is -2.54. The molecule has 1 fully saturated rings. The topological polar surface area (TPSA) is 295 Å². The van der Waals surface area contributed by atoms with E-state index in [1.165, 1.54) is 17.0 Å². The SMILES string of the molecule is O=[N+]([O-])c1ccccc1CC[N+]12C=CN=C1c1ncn([C@@H]3O[C@H](COP(=O)(O)OP(=O)(O)OP(=O)(O)O)[C@@H](O)[C@H]3O)c1NC2. The summed E-state index contributed by atoms with van der Waals surface area (Å²) in [6.07, 6.45) is -1.13. The third-order valence-electron chi connectivity index (χ3n) is 6.90. The number of rotatable bonds is 12. The number of quaternary nitrogens is 1. The highest BCUT2D eigenvalue weighted by Crippen LogP contribution is 2.66. The van der Waals surface area contributed by atoms with Gasteiger partial charge in [-0.05, 0) is 0 Å². The number of aliphatic hydroxyl groups is 2. The number of phosphoric acid groups is 3. The van der Waals surface area contributed by atoms with Crippen molar-refractivity contribution < 1.29 is 70.8 Å². The number of aliphatic hydroxyl groups excluding tert-OH is 2. The van der Waals surface area contributed by atoms with Crippen molar-refractivity contribution in [3.63, 3.8) is 0 Å². The molecule has 21 nitrogen and oxygen atoms in total. The molecule has 44 heavy (non-hydrogen) atoms. The Hall–Kier alpha value is -2.71. The molecule has 0 spiro atoms. The molecule has 7 atom stereocenters. The Morgan fingerprint density at radius 2 is 1.84 bits per heavy atom. The fraction of sp³-hybridized carbons (Fsp3) is 0.400. The third kappa shape index (κ3) is 6.76. The van der Waals surface area contributed by atoms with Crippen molar-refractivity contribution >= 4 is 40.8 Å². The Morgan fingerprint density at radius 3 is 2.55 bits per heavy atom. The number of nitro groups is 1. The summed E-state index contributed by atoms with van der Waals surface area (Å²) in [4.78, 5) is 56.1. The molecule has 0 aliphatic carbocycles. The maximum atomic E-state index is 12.1. The van der Waals surface area contributed by atoms with Crippen LogP contribution in [0.15, 0.2) is 48.0 Å². The average molecular weight is 683 g/mol. The van der Waals surface area contributed by atoms with E-state index in [1.807, 2.05) is 6.20 Å². The number of phosphoric ester groups is 1.